The molecule has 0 fully saturated rings. The third-order valence-electron chi connectivity index (χ3n) is 3.67. The van der Waals surface area contributed by atoms with E-state index >= 15 is 0 Å². The number of halogens is 3. The fraction of sp³-hybridized carbons (Fsp3) is 0.647. The molecular weight excluding hydrogens is 369 g/mol. The number of hydrogen-bond donors (Lipinski definition) is 1. The molecule has 0 heterocycles. The molecule has 0 unspecified atom stereocenters. The Kier molecular flexibility index (Phi) is 9.79. The normalized spacial score (nSPS) is 11.1. The van der Waals surface area contributed by atoms with Gasteiger partial charge in [-0.15, -0.1) is 0 Å². The Balaban J connectivity index is 2.69. The van der Waals surface area contributed by atoms with Gasteiger partial charge >= 0.3 is 0 Å². The van der Waals surface area contributed by atoms with Gasteiger partial charge in [0.15, 0.2) is 0 Å². The maximum absolute atomic E-state index is 6.32. The first-order chi connectivity index (χ1) is 10.1. The largest absolute Gasteiger partial charge is 0.380 e. The molecule has 1 nitrogen and oxygen atoms in total. The van der Waals surface area contributed by atoms with Gasteiger partial charge in [0, 0.05) is 10.5 Å². The second kappa shape index (κ2) is 10.7. The Morgan fingerprint density at radius 3 is 1.86 bits per heavy atom. The predicted molar refractivity (Wildman–Crippen MR) is 99.9 cm³/mol. The predicted octanol–water partition coefficient (Wildman–Crippen LogP) is 7.70. The van der Waals surface area contributed by atoms with Gasteiger partial charge in [0.05, 0.1) is 15.7 Å². The molecule has 120 valence electrons. The van der Waals surface area contributed by atoms with Crippen molar-refractivity contribution in [1.82, 2.24) is 0 Å². The second-order valence-electron chi connectivity index (χ2n) is 5.58. The van der Waals surface area contributed by atoms with Crippen molar-refractivity contribution in [3.05, 3.63) is 26.7 Å². The Labute approximate surface area is 147 Å². The van der Waals surface area contributed by atoms with Crippen LogP contribution in [0.1, 0.15) is 65.2 Å². The SMILES string of the molecule is CCCCCC(CCCCC)Nc1c(Cl)cc(Br)cc1Cl. The van der Waals surface area contributed by atoms with Crippen LogP contribution in [0.2, 0.25) is 10.0 Å². The molecule has 0 spiro atoms. The monoisotopic (exact) mass is 393 g/mol. The zero-order valence-corrected chi connectivity index (χ0v) is 16.1. The summed E-state index contributed by atoms with van der Waals surface area (Å²) in [5, 5.41) is 4.95. The Morgan fingerprint density at radius 2 is 1.43 bits per heavy atom. The maximum Gasteiger partial charge on any atom is 0.0721 e. The van der Waals surface area contributed by atoms with Crippen molar-refractivity contribution in [3.8, 4) is 0 Å². The summed E-state index contributed by atoms with van der Waals surface area (Å²) in [6.45, 7) is 4.48. The van der Waals surface area contributed by atoms with Crippen molar-refractivity contribution in [2.75, 3.05) is 5.32 Å². The summed E-state index contributed by atoms with van der Waals surface area (Å²) in [5.74, 6) is 0. The van der Waals surface area contributed by atoms with Crippen LogP contribution < -0.4 is 5.32 Å². The van der Waals surface area contributed by atoms with Crippen LogP contribution in [-0.4, -0.2) is 6.04 Å². The maximum atomic E-state index is 6.32. The van der Waals surface area contributed by atoms with Crippen molar-refractivity contribution in [3.63, 3.8) is 0 Å². The van der Waals surface area contributed by atoms with E-state index in [2.05, 4.69) is 35.1 Å². The third-order valence-corrected chi connectivity index (χ3v) is 4.72. The van der Waals surface area contributed by atoms with E-state index in [-0.39, 0.29) is 0 Å². The zero-order valence-electron chi connectivity index (χ0n) is 13.0. The molecule has 1 rings (SSSR count). The fourth-order valence-electron chi connectivity index (χ4n) is 2.45. The lowest BCUT2D eigenvalue weighted by Crippen LogP contribution is -2.20. The van der Waals surface area contributed by atoms with Crippen LogP contribution in [0.4, 0.5) is 5.69 Å². The molecule has 0 aliphatic rings. The zero-order chi connectivity index (χ0) is 15.7. The molecule has 0 saturated heterocycles. The molecule has 0 aliphatic carbocycles. The Hall–Kier alpha value is 0.0800. The van der Waals surface area contributed by atoms with E-state index in [0.29, 0.717) is 16.1 Å². The van der Waals surface area contributed by atoms with Crippen LogP contribution in [0.25, 0.3) is 0 Å². The minimum atomic E-state index is 0.458. The first kappa shape index (κ1) is 19.1. The lowest BCUT2D eigenvalue weighted by molar-refractivity contribution is 0.526. The van der Waals surface area contributed by atoms with Gasteiger partial charge in [-0.05, 0) is 25.0 Å². The summed E-state index contributed by atoms with van der Waals surface area (Å²) < 4.78 is 0.913. The molecule has 0 aliphatic heterocycles. The van der Waals surface area contributed by atoms with Gasteiger partial charge < -0.3 is 5.32 Å². The van der Waals surface area contributed by atoms with E-state index in [1.165, 1.54) is 51.4 Å². The number of unbranched alkanes of at least 4 members (excludes halogenated alkanes) is 4. The fourth-order valence-corrected chi connectivity index (χ4v) is 3.77. The minimum Gasteiger partial charge on any atom is -0.380 e. The molecule has 0 atom stereocenters. The van der Waals surface area contributed by atoms with E-state index in [4.69, 9.17) is 23.2 Å². The highest BCUT2D eigenvalue weighted by Gasteiger charge is 2.13. The molecule has 0 amide bonds. The van der Waals surface area contributed by atoms with Gasteiger partial charge in [-0.2, -0.15) is 0 Å². The van der Waals surface area contributed by atoms with Crippen molar-refractivity contribution < 1.29 is 0 Å². The summed E-state index contributed by atoms with van der Waals surface area (Å²) >= 11 is 16.1. The van der Waals surface area contributed by atoms with Crippen LogP contribution >= 0.6 is 39.1 Å². The van der Waals surface area contributed by atoms with Crippen molar-refractivity contribution >= 4 is 44.8 Å². The van der Waals surface area contributed by atoms with E-state index in [9.17, 15) is 0 Å². The van der Waals surface area contributed by atoms with Gasteiger partial charge in [-0.3, -0.25) is 0 Å². The first-order valence-electron chi connectivity index (χ1n) is 7.99. The Bertz CT molecular complexity index is 390. The number of hydrogen-bond acceptors (Lipinski definition) is 1. The number of benzene rings is 1. The molecular formula is C17H26BrCl2N. The smallest absolute Gasteiger partial charge is 0.0721 e. The van der Waals surface area contributed by atoms with Crippen molar-refractivity contribution in [2.24, 2.45) is 0 Å². The summed E-state index contributed by atoms with van der Waals surface area (Å²) in [4.78, 5) is 0. The topological polar surface area (TPSA) is 12.0 Å². The van der Waals surface area contributed by atoms with Gasteiger partial charge in [-0.1, -0.05) is 91.5 Å². The lowest BCUT2D eigenvalue weighted by Gasteiger charge is -2.22. The first-order valence-corrected chi connectivity index (χ1v) is 9.54. The summed E-state index contributed by atoms with van der Waals surface area (Å²) in [6.07, 6.45) is 9.95. The molecule has 0 aromatic heterocycles. The molecule has 1 aromatic rings. The molecule has 0 radical (unpaired) electrons. The van der Waals surface area contributed by atoms with Crippen LogP contribution in [-0.2, 0) is 0 Å². The highest BCUT2D eigenvalue weighted by atomic mass is 79.9. The highest BCUT2D eigenvalue weighted by molar-refractivity contribution is 9.10. The average molecular weight is 395 g/mol. The summed E-state index contributed by atoms with van der Waals surface area (Å²) in [5.41, 5.74) is 0.875. The van der Waals surface area contributed by atoms with Crippen LogP contribution in [0.5, 0.6) is 0 Å². The van der Waals surface area contributed by atoms with Crippen LogP contribution in [0.15, 0.2) is 16.6 Å². The average Bonchev–Trinajstić information content (AvgIpc) is 2.42. The quantitative estimate of drug-likeness (QED) is 0.400. The second-order valence-corrected chi connectivity index (χ2v) is 7.31. The molecule has 0 saturated carbocycles. The van der Waals surface area contributed by atoms with Crippen molar-refractivity contribution in [2.45, 2.75) is 71.3 Å². The van der Waals surface area contributed by atoms with Gasteiger partial charge in [0.1, 0.15) is 0 Å². The highest BCUT2D eigenvalue weighted by Crippen LogP contribution is 2.35. The molecule has 21 heavy (non-hydrogen) atoms. The van der Waals surface area contributed by atoms with E-state index in [1.807, 2.05) is 12.1 Å². The minimum absolute atomic E-state index is 0.458. The van der Waals surface area contributed by atoms with E-state index < -0.39 is 0 Å². The van der Waals surface area contributed by atoms with Crippen LogP contribution in [0, 0.1) is 0 Å². The lowest BCUT2D eigenvalue weighted by atomic mass is 10.0. The van der Waals surface area contributed by atoms with Gasteiger partial charge in [-0.25, -0.2) is 0 Å². The van der Waals surface area contributed by atoms with Gasteiger partial charge in [0.2, 0.25) is 0 Å². The Morgan fingerprint density at radius 1 is 0.952 bits per heavy atom. The summed E-state index contributed by atoms with van der Waals surface area (Å²) in [6, 6.07) is 4.25. The van der Waals surface area contributed by atoms with Crippen molar-refractivity contribution in [1.29, 1.82) is 0 Å². The molecule has 0 bridgehead atoms. The van der Waals surface area contributed by atoms with E-state index in [0.717, 1.165) is 10.2 Å². The molecule has 4 heteroatoms. The molecule has 1 aromatic carbocycles. The van der Waals surface area contributed by atoms with Crippen LogP contribution in [0.3, 0.4) is 0 Å². The standard InChI is InChI=1S/C17H26BrCl2N/c1-3-5-7-9-14(10-8-6-4-2)21-17-15(19)11-13(18)12-16(17)20/h11-12,14,21H,3-10H2,1-2H3. The summed E-state index contributed by atoms with van der Waals surface area (Å²) in [7, 11) is 0. The number of rotatable bonds is 10. The number of nitrogens with one attached hydrogen (secondary N) is 1. The molecule has 1 N–H and O–H groups in total. The van der Waals surface area contributed by atoms with E-state index in [1.54, 1.807) is 0 Å². The van der Waals surface area contributed by atoms with Gasteiger partial charge in [0.25, 0.3) is 0 Å². The third kappa shape index (κ3) is 7.25. The number of anilines is 1.